The van der Waals surface area contributed by atoms with Crippen LogP contribution in [0.5, 0.6) is 0 Å². The summed E-state index contributed by atoms with van der Waals surface area (Å²) in [5, 5.41) is 3.57. The molecule has 0 spiro atoms. The van der Waals surface area contributed by atoms with Gasteiger partial charge >= 0.3 is 0 Å². The number of hydrogen-bond acceptors (Lipinski definition) is 2. The summed E-state index contributed by atoms with van der Waals surface area (Å²) >= 11 is 6.72. The first-order valence-electron chi connectivity index (χ1n) is 5.20. The number of methoxy groups -OCH3 is 1. The van der Waals surface area contributed by atoms with Gasteiger partial charge in [0, 0.05) is 16.9 Å². The van der Waals surface area contributed by atoms with Crippen LogP contribution in [0.15, 0.2) is 22.7 Å². The quantitative estimate of drug-likeness (QED) is 0.816. The van der Waals surface area contributed by atoms with E-state index in [9.17, 15) is 4.79 Å². The van der Waals surface area contributed by atoms with Crippen molar-refractivity contribution in [2.45, 2.75) is 13.0 Å². The van der Waals surface area contributed by atoms with Gasteiger partial charge < -0.3 is 10.1 Å². The lowest BCUT2D eigenvalue weighted by Crippen LogP contribution is -2.39. The van der Waals surface area contributed by atoms with Gasteiger partial charge in [-0.3, -0.25) is 4.79 Å². The number of carbonyl (C=O) groups excluding carboxylic acids is 1. The lowest BCUT2D eigenvalue weighted by Gasteiger charge is -2.16. The fraction of sp³-hybridized carbons (Fsp3) is 0.417. The van der Waals surface area contributed by atoms with E-state index in [0.717, 1.165) is 10.0 Å². The van der Waals surface area contributed by atoms with Crippen LogP contribution in [0.25, 0.3) is 0 Å². The molecule has 0 bridgehead atoms. The number of aryl methyl sites for hydroxylation is 1. The molecule has 1 rings (SSSR count). The third kappa shape index (κ3) is 4.41. The van der Waals surface area contributed by atoms with E-state index in [1.165, 1.54) is 0 Å². The number of amides is 1. The van der Waals surface area contributed by atoms with Gasteiger partial charge in [0.25, 0.3) is 5.91 Å². The van der Waals surface area contributed by atoms with Crippen molar-refractivity contribution in [3.63, 3.8) is 0 Å². The van der Waals surface area contributed by atoms with Gasteiger partial charge in [-0.15, -0.1) is 0 Å². The molecule has 1 atom stereocenters. The molecule has 1 N–H and O–H groups in total. The average Bonchev–Trinajstić information content (AvgIpc) is 2.31. The fourth-order valence-corrected chi connectivity index (χ4v) is 2.18. The second kappa shape index (κ2) is 7.13. The van der Waals surface area contributed by atoms with Gasteiger partial charge in [0.1, 0.15) is 0 Å². The molecule has 0 aliphatic carbocycles. The number of alkyl halides is 1. The highest BCUT2D eigenvalue weighted by Crippen LogP contribution is 2.18. The average molecular weight is 365 g/mol. The molecule has 1 unspecified atom stereocenters. The lowest BCUT2D eigenvalue weighted by molar-refractivity contribution is 0.0907. The Morgan fingerprint density at radius 2 is 2.24 bits per heavy atom. The van der Waals surface area contributed by atoms with Crippen LogP contribution in [0.4, 0.5) is 0 Å². The number of benzene rings is 1. The van der Waals surface area contributed by atoms with Crippen molar-refractivity contribution in [1.29, 1.82) is 0 Å². The fourth-order valence-electron chi connectivity index (χ4n) is 1.40. The molecule has 17 heavy (non-hydrogen) atoms. The molecular weight excluding hydrogens is 350 g/mol. The predicted molar refractivity (Wildman–Crippen MR) is 75.8 cm³/mol. The zero-order chi connectivity index (χ0) is 12.8. The summed E-state index contributed by atoms with van der Waals surface area (Å²) in [5.41, 5.74) is 1.70. The van der Waals surface area contributed by atoms with Gasteiger partial charge in [-0.05, 0) is 35.0 Å². The number of hydrogen-bond donors (Lipinski definition) is 1. The molecular formula is C12H15Br2NO2. The first-order chi connectivity index (χ1) is 8.08. The van der Waals surface area contributed by atoms with Crippen molar-refractivity contribution in [3.05, 3.63) is 33.8 Å². The van der Waals surface area contributed by atoms with Gasteiger partial charge in [0.2, 0.25) is 0 Å². The van der Waals surface area contributed by atoms with E-state index >= 15 is 0 Å². The van der Waals surface area contributed by atoms with Crippen molar-refractivity contribution >= 4 is 37.8 Å². The summed E-state index contributed by atoms with van der Waals surface area (Å²) in [6.45, 7) is 2.45. The molecule has 0 saturated carbocycles. The highest BCUT2D eigenvalue weighted by atomic mass is 79.9. The molecule has 1 amide bonds. The first kappa shape index (κ1) is 14.7. The van der Waals surface area contributed by atoms with Crippen molar-refractivity contribution in [1.82, 2.24) is 5.32 Å². The van der Waals surface area contributed by atoms with Crippen LogP contribution in [0.1, 0.15) is 15.9 Å². The molecule has 3 nitrogen and oxygen atoms in total. The Morgan fingerprint density at radius 1 is 1.53 bits per heavy atom. The minimum absolute atomic E-state index is 0.0279. The molecule has 0 saturated heterocycles. The highest BCUT2D eigenvalue weighted by molar-refractivity contribution is 9.10. The number of halogens is 2. The molecule has 0 radical (unpaired) electrons. The Morgan fingerprint density at radius 3 is 2.82 bits per heavy atom. The summed E-state index contributed by atoms with van der Waals surface area (Å²) < 4.78 is 5.83. The Balaban J connectivity index is 2.78. The normalized spacial score (nSPS) is 12.2. The Labute approximate surface area is 118 Å². The maximum absolute atomic E-state index is 12.0. The Bertz CT molecular complexity index is 396. The molecule has 5 heteroatoms. The van der Waals surface area contributed by atoms with Gasteiger partial charge in [-0.2, -0.15) is 0 Å². The topological polar surface area (TPSA) is 38.3 Å². The van der Waals surface area contributed by atoms with Crippen molar-refractivity contribution in [3.8, 4) is 0 Å². The zero-order valence-electron chi connectivity index (χ0n) is 9.80. The summed E-state index contributed by atoms with van der Waals surface area (Å²) in [6.07, 6.45) is 0. The van der Waals surface area contributed by atoms with Crippen LogP contribution in [-0.4, -0.2) is 31.0 Å². The summed E-state index contributed by atoms with van der Waals surface area (Å²) in [4.78, 5) is 12.0. The Hall–Kier alpha value is -0.390. The van der Waals surface area contributed by atoms with Gasteiger partial charge in [-0.1, -0.05) is 27.6 Å². The van der Waals surface area contributed by atoms with Crippen molar-refractivity contribution in [2.24, 2.45) is 0 Å². The standard InChI is InChI=1S/C12H15Br2NO2/c1-8-3-4-11(14)10(5-8)12(16)15-9(6-13)7-17-2/h3-5,9H,6-7H2,1-2H3,(H,15,16). The van der Waals surface area contributed by atoms with Crippen LogP contribution in [0.3, 0.4) is 0 Å². The minimum Gasteiger partial charge on any atom is -0.383 e. The number of ether oxygens (including phenoxy) is 1. The highest BCUT2D eigenvalue weighted by Gasteiger charge is 2.14. The van der Waals surface area contributed by atoms with Crippen LogP contribution >= 0.6 is 31.9 Å². The van der Waals surface area contributed by atoms with E-state index in [4.69, 9.17) is 4.74 Å². The van der Waals surface area contributed by atoms with Crippen LogP contribution in [0.2, 0.25) is 0 Å². The second-order valence-corrected chi connectivity index (χ2v) is 5.27. The van der Waals surface area contributed by atoms with E-state index in [0.29, 0.717) is 17.5 Å². The summed E-state index contributed by atoms with van der Waals surface area (Å²) in [6, 6.07) is 5.67. The van der Waals surface area contributed by atoms with E-state index in [-0.39, 0.29) is 11.9 Å². The van der Waals surface area contributed by atoms with Crippen molar-refractivity contribution < 1.29 is 9.53 Å². The van der Waals surface area contributed by atoms with Gasteiger partial charge in [0.05, 0.1) is 18.2 Å². The van der Waals surface area contributed by atoms with Gasteiger partial charge in [-0.25, -0.2) is 0 Å². The molecule has 0 aliphatic rings. The molecule has 0 aliphatic heterocycles. The third-order valence-electron chi connectivity index (χ3n) is 2.26. The minimum atomic E-state index is -0.0953. The van der Waals surface area contributed by atoms with Crippen LogP contribution in [0, 0.1) is 6.92 Å². The monoisotopic (exact) mass is 363 g/mol. The van der Waals surface area contributed by atoms with E-state index in [1.807, 2.05) is 25.1 Å². The second-order valence-electron chi connectivity index (χ2n) is 3.76. The smallest absolute Gasteiger partial charge is 0.252 e. The molecule has 0 heterocycles. The zero-order valence-corrected chi connectivity index (χ0v) is 13.0. The largest absolute Gasteiger partial charge is 0.383 e. The Kier molecular flexibility index (Phi) is 6.16. The van der Waals surface area contributed by atoms with E-state index in [2.05, 4.69) is 37.2 Å². The van der Waals surface area contributed by atoms with E-state index < -0.39 is 0 Å². The maximum atomic E-state index is 12.0. The molecule has 1 aromatic rings. The third-order valence-corrected chi connectivity index (χ3v) is 3.73. The lowest BCUT2D eigenvalue weighted by atomic mass is 10.1. The first-order valence-corrected chi connectivity index (χ1v) is 7.11. The summed E-state index contributed by atoms with van der Waals surface area (Å²) in [7, 11) is 1.62. The SMILES string of the molecule is COCC(CBr)NC(=O)c1cc(C)ccc1Br. The van der Waals surface area contributed by atoms with Crippen molar-refractivity contribution in [2.75, 3.05) is 19.0 Å². The number of nitrogens with one attached hydrogen (secondary N) is 1. The number of carbonyl (C=O) groups is 1. The predicted octanol–water partition coefficient (Wildman–Crippen LogP) is 2.90. The van der Waals surface area contributed by atoms with Gasteiger partial charge in [0.15, 0.2) is 0 Å². The molecule has 0 aromatic heterocycles. The maximum Gasteiger partial charge on any atom is 0.252 e. The molecule has 0 fully saturated rings. The summed E-state index contributed by atoms with van der Waals surface area (Å²) in [5.74, 6) is -0.0953. The van der Waals surface area contributed by atoms with Crippen LogP contribution in [-0.2, 0) is 4.74 Å². The molecule has 1 aromatic carbocycles. The number of rotatable bonds is 5. The van der Waals surface area contributed by atoms with Crippen LogP contribution < -0.4 is 5.32 Å². The molecule has 94 valence electrons. The van der Waals surface area contributed by atoms with E-state index in [1.54, 1.807) is 7.11 Å².